The molecule has 25 heavy (non-hydrogen) atoms. The number of aryl methyl sites for hydroxylation is 2. The summed E-state index contributed by atoms with van der Waals surface area (Å²) in [4.78, 5) is 25.5. The predicted octanol–water partition coefficient (Wildman–Crippen LogP) is 3.98. The lowest BCUT2D eigenvalue weighted by Crippen LogP contribution is -2.45. The molecule has 2 amide bonds. The molecule has 0 heterocycles. The minimum Gasteiger partial charge on any atom is -0.351 e. The second-order valence-electron chi connectivity index (χ2n) is 8.75. The summed E-state index contributed by atoms with van der Waals surface area (Å²) in [5.74, 6) is -0.0227. The number of nitrogens with one attached hydrogen (secondary N) is 2. The molecule has 2 aliphatic rings. The molecule has 0 atom stereocenters. The highest BCUT2D eigenvalue weighted by atomic mass is 16.2. The van der Waals surface area contributed by atoms with Crippen molar-refractivity contribution >= 4 is 17.5 Å². The van der Waals surface area contributed by atoms with Crippen molar-refractivity contribution in [2.24, 2.45) is 5.41 Å². The SMILES string of the molecule is CC(C)(C)NC(=O)CC1(C(=O)Nc2ccc3c(c2)CCC3)CCCC1. The van der Waals surface area contributed by atoms with E-state index in [4.69, 9.17) is 0 Å². The van der Waals surface area contributed by atoms with Gasteiger partial charge in [0.2, 0.25) is 11.8 Å². The molecule has 1 aromatic rings. The molecule has 4 heteroatoms. The first-order chi connectivity index (χ1) is 11.8. The third-order valence-corrected chi connectivity index (χ3v) is 5.41. The smallest absolute Gasteiger partial charge is 0.231 e. The van der Waals surface area contributed by atoms with Crippen LogP contribution in [0.2, 0.25) is 0 Å². The quantitative estimate of drug-likeness (QED) is 0.869. The van der Waals surface area contributed by atoms with Gasteiger partial charge in [-0.3, -0.25) is 9.59 Å². The summed E-state index contributed by atoms with van der Waals surface area (Å²) in [5, 5.41) is 6.11. The molecule has 1 fully saturated rings. The summed E-state index contributed by atoms with van der Waals surface area (Å²) in [5.41, 5.74) is 2.79. The van der Waals surface area contributed by atoms with E-state index >= 15 is 0 Å². The van der Waals surface area contributed by atoms with Crippen LogP contribution in [0.5, 0.6) is 0 Å². The Morgan fingerprint density at radius 1 is 1.04 bits per heavy atom. The van der Waals surface area contributed by atoms with Crippen molar-refractivity contribution in [1.29, 1.82) is 0 Å². The van der Waals surface area contributed by atoms with Crippen LogP contribution in [0.3, 0.4) is 0 Å². The maximum Gasteiger partial charge on any atom is 0.231 e. The van der Waals surface area contributed by atoms with Gasteiger partial charge in [0.05, 0.1) is 5.41 Å². The molecular formula is C21H30N2O2. The molecule has 1 aromatic carbocycles. The minimum atomic E-state index is -0.561. The summed E-state index contributed by atoms with van der Waals surface area (Å²) in [6, 6.07) is 6.24. The van der Waals surface area contributed by atoms with Crippen LogP contribution in [-0.2, 0) is 22.4 Å². The summed E-state index contributed by atoms with van der Waals surface area (Å²) in [6.45, 7) is 5.91. The lowest BCUT2D eigenvalue weighted by Gasteiger charge is -2.29. The number of carbonyl (C=O) groups excluding carboxylic acids is 2. The lowest BCUT2D eigenvalue weighted by atomic mass is 9.81. The minimum absolute atomic E-state index is 0.00649. The highest BCUT2D eigenvalue weighted by Gasteiger charge is 2.43. The fourth-order valence-corrected chi connectivity index (χ4v) is 4.22. The monoisotopic (exact) mass is 342 g/mol. The van der Waals surface area contributed by atoms with Crippen molar-refractivity contribution < 1.29 is 9.59 Å². The van der Waals surface area contributed by atoms with E-state index in [1.807, 2.05) is 26.8 Å². The Kier molecular flexibility index (Phi) is 4.90. The summed E-state index contributed by atoms with van der Waals surface area (Å²) < 4.78 is 0. The summed E-state index contributed by atoms with van der Waals surface area (Å²) >= 11 is 0. The fraction of sp³-hybridized carbons (Fsp3) is 0.619. The van der Waals surface area contributed by atoms with Gasteiger partial charge in [-0.25, -0.2) is 0 Å². The van der Waals surface area contributed by atoms with Gasteiger partial charge in [0.1, 0.15) is 0 Å². The van der Waals surface area contributed by atoms with Gasteiger partial charge in [0, 0.05) is 17.6 Å². The van der Waals surface area contributed by atoms with Crippen molar-refractivity contribution in [3.8, 4) is 0 Å². The van der Waals surface area contributed by atoms with Crippen LogP contribution >= 0.6 is 0 Å². The van der Waals surface area contributed by atoms with Crippen LogP contribution in [0, 0.1) is 5.41 Å². The molecule has 0 saturated heterocycles. The molecule has 0 aromatic heterocycles. The Balaban J connectivity index is 1.71. The van der Waals surface area contributed by atoms with Gasteiger partial charge in [-0.2, -0.15) is 0 Å². The van der Waals surface area contributed by atoms with E-state index in [0.29, 0.717) is 0 Å². The van der Waals surface area contributed by atoms with Gasteiger partial charge >= 0.3 is 0 Å². The molecule has 3 rings (SSSR count). The third-order valence-electron chi connectivity index (χ3n) is 5.41. The molecule has 0 unspecified atom stereocenters. The van der Waals surface area contributed by atoms with E-state index in [1.165, 1.54) is 17.5 Å². The Morgan fingerprint density at radius 2 is 1.72 bits per heavy atom. The van der Waals surface area contributed by atoms with Gasteiger partial charge in [0.25, 0.3) is 0 Å². The maximum absolute atomic E-state index is 13.0. The molecule has 0 radical (unpaired) electrons. The lowest BCUT2D eigenvalue weighted by molar-refractivity contribution is -0.133. The van der Waals surface area contributed by atoms with Gasteiger partial charge in [0.15, 0.2) is 0 Å². The Hall–Kier alpha value is -1.84. The molecule has 4 nitrogen and oxygen atoms in total. The normalized spacial score (nSPS) is 18.7. The van der Waals surface area contributed by atoms with Crippen LogP contribution in [0.1, 0.15) is 70.4 Å². The zero-order valence-electron chi connectivity index (χ0n) is 15.7. The van der Waals surface area contributed by atoms with Crippen molar-refractivity contribution in [1.82, 2.24) is 5.32 Å². The predicted molar refractivity (Wildman–Crippen MR) is 101 cm³/mol. The molecular weight excluding hydrogens is 312 g/mol. The zero-order valence-corrected chi connectivity index (χ0v) is 15.7. The average Bonchev–Trinajstić information content (AvgIpc) is 3.14. The molecule has 136 valence electrons. The number of benzene rings is 1. The highest BCUT2D eigenvalue weighted by Crippen LogP contribution is 2.42. The molecule has 1 saturated carbocycles. The van der Waals surface area contributed by atoms with Crippen molar-refractivity contribution in [3.05, 3.63) is 29.3 Å². The van der Waals surface area contributed by atoms with E-state index in [9.17, 15) is 9.59 Å². The van der Waals surface area contributed by atoms with Crippen molar-refractivity contribution in [2.75, 3.05) is 5.32 Å². The largest absolute Gasteiger partial charge is 0.351 e. The van der Waals surface area contributed by atoms with Gasteiger partial charge in [-0.05, 0) is 76.1 Å². The molecule has 2 N–H and O–H groups in total. The van der Waals surface area contributed by atoms with Gasteiger partial charge in [-0.15, -0.1) is 0 Å². The number of hydrogen-bond donors (Lipinski definition) is 2. The average molecular weight is 342 g/mol. The number of amides is 2. The first-order valence-corrected chi connectivity index (χ1v) is 9.52. The standard InChI is InChI=1S/C21H30N2O2/c1-20(2,3)23-18(24)14-21(11-4-5-12-21)19(25)22-17-10-9-15-7-6-8-16(15)13-17/h9-10,13H,4-8,11-12,14H2,1-3H3,(H,22,25)(H,23,24). The van der Waals surface area contributed by atoms with Crippen molar-refractivity contribution in [2.45, 2.75) is 77.7 Å². The second-order valence-corrected chi connectivity index (χ2v) is 8.75. The highest BCUT2D eigenvalue weighted by molar-refractivity contribution is 5.98. The Bertz CT molecular complexity index is 667. The van der Waals surface area contributed by atoms with Gasteiger partial charge in [-0.1, -0.05) is 18.9 Å². The number of carbonyl (C=O) groups is 2. The van der Waals surface area contributed by atoms with E-state index in [1.54, 1.807) is 0 Å². The van der Waals surface area contributed by atoms with E-state index in [0.717, 1.165) is 44.2 Å². The van der Waals surface area contributed by atoms with Crippen molar-refractivity contribution in [3.63, 3.8) is 0 Å². The molecule has 2 aliphatic carbocycles. The van der Waals surface area contributed by atoms with Crippen LogP contribution in [-0.4, -0.2) is 17.4 Å². The fourth-order valence-electron chi connectivity index (χ4n) is 4.22. The number of rotatable bonds is 4. The zero-order chi connectivity index (χ0) is 18.1. The maximum atomic E-state index is 13.0. The van der Waals surface area contributed by atoms with Crippen LogP contribution in [0.4, 0.5) is 5.69 Å². The number of anilines is 1. The molecule has 0 bridgehead atoms. The second kappa shape index (κ2) is 6.81. The first kappa shape index (κ1) is 18.0. The molecule has 0 aliphatic heterocycles. The van der Waals surface area contributed by atoms with Crippen LogP contribution < -0.4 is 10.6 Å². The number of hydrogen-bond acceptors (Lipinski definition) is 2. The van der Waals surface area contributed by atoms with E-state index < -0.39 is 5.41 Å². The van der Waals surface area contributed by atoms with Crippen LogP contribution in [0.15, 0.2) is 18.2 Å². The van der Waals surface area contributed by atoms with E-state index in [-0.39, 0.29) is 23.8 Å². The third kappa shape index (κ3) is 4.23. The summed E-state index contributed by atoms with van der Waals surface area (Å²) in [6.07, 6.45) is 7.33. The Labute approximate surface area is 150 Å². The summed E-state index contributed by atoms with van der Waals surface area (Å²) in [7, 11) is 0. The van der Waals surface area contributed by atoms with Gasteiger partial charge < -0.3 is 10.6 Å². The first-order valence-electron chi connectivity index (χ1n) is 9.52. The Morgan fingerprint density at radius 3 is 2.40 bits per heavy atom. The molecule has 0 spiro atoms. The topological polar surface area (TPSA) is 58.2 Å². The van der Waals surface area contributed by atoms with Crippen LogP contribution in [0.25, 0.3) is 0 Å². The number of fused-ring (bicyclic) bond motifs is 1. The van der Waals surface area contributed by atoms with E-state index in [2.05, 4.69) is 22.8 Å².